The minimum atomic E-state index is 0.147. The zero-order chi connectivity index (χ0) is 8.10. The Labute approximate surface area is 67.6 Å². The molecular weight excluding hydrogens is 140 g/mol. The largest absolute Gasteiger partial charge is 0.374 e. The third-order valence-electron chi connectivity index (χ3n) is 1.99. The third-order valence-corrected chi connectivity index (χ3v) is 1.99. The zero-order valence-electron chi connectivity index (χ0n) is 6.92. The number of rotatable bonds is 2. The molecule has 1 aliphatic rings. The van der Waals surface area contributed by atoms with Gasteiger partial charge in [0.1, 0.15) is 0 Å². The van der Waals surface area contributed by atoms with Crippen LogP contribution >= 0.6 is 0 Å². The van der Waals surface area contributed by atoms with Gasteiger partial charge >= 0.3 is 0 Å². The average Bonchev–Trinajstić information content (AvgIpc) is 2.06. The lowest BCUT2D eigenvalue weighted by molar-refractivity contribution is -0.0236. The molecule has 1 fully saturated rings. The van der Waals surface area contributed by atoms with E-state index in [0.717, 1.165) is 26.2 Å². The summed E-state index contributed by atoms with van der Waals surface area (Å²) in [6.07, 6.45) is 0.671. The Morgan fingerprint density at radius 1 is 1.73 bits per heavy atom. The van der Waals surface area contributed by atoms with Crippen LogP contribution < -0.4 is 0 Å². The number of hydrogen-bond acceptors (Lipinski definition) is 3. The fraction of sp³-hybridized carbons (Fsp3) is 0.875. The molecule has 1 atom stereocenters. The smallest absolute Gasteiger partial charge is 0.0832 e. The SMILES string of the molecule is CCN1CCOC(CC#N)C1. The molecule has 0 aromatic carbocycles. The summed E-state index contributed by atoms with van der Waals surface area (Å²) in [6.45, 7) is 5.91. The fourth-order valence-electron chi connectivity index (χ4n) is 1.29. The standard InChI is InChI=1S/C8H14N2O/c1-2-10-5-6-11-8(7-10)3-4-9/h8H,2-3,5-7H2,1H3. The van der Waals surface area contributed by atoms with Gasteiger partial charge in [-0.25, -0.2) is 0 Å². The van der Waals surface area contributed by atoms with Crippen molar-refractivity contribution in [2.45, 2.75) is 19.4 Å². The van der Waals surface area contributed by atoms with Crippen molar-refractivity contribution in [3.63, 3.8) is 0 Å². The molecule has 0 bridgehead atoms. The van der Waals surface area contributed by atoms with Crippen molar-refractivity contribution in [2.24, 2.45) is 0 Å². The van der Waals surface area contributed by atoms with Gasteiger partial charge in [-0.3, -0.25) is 4.90 Å². The van der Waals surface area contributed by atoms with Gasteiger partial charge in [-0.15, -0.1) is 0 Å². The van der Waals surface area contributed by atoms with E-state index in [0.29, 0.717) is 6.42 Å². The van der Waals surface area contributed by atoms with E-state index in [1.54, 1.807) is 0 Å². The Morgan fingerprint density at radius 2 is 2.55 bits per heavy atom. The van der Waals surface area contributed by atoms with Gasteiger partial charge in [0.05, 0.1) is 25.2 Å². The Bertz CT molecular complexity index is 153. The molecule has 1 aliphatic heterocycles. The highest BCUT2D eigenvalue weighted by atomic mass is 16.5. The van der Waals surface area contributed by atoms with Crippen LogP contribution in [0, 0.1) is 11.3 Å². The third kappa shape index (κ3) is 2.49. The van der Waals surface area contributed by atoms with Crippen LogP contribution in [-0.2, 0) is 4.74 Å². The van der Waals surface area contributed by atoms with Gasteiger partial charge in [-0.05, 0) is 6.54 Å². The number of morpholine rings is 1. The summed E-state index contributed by atoms with van der Waals surface area (Å²) in [6, 6.07) is 2.13. The Hall–Kier alpha value is -0.590. The number of nitriles is 1. The van der Waals surface area contributed by atoms with Crippen molar-refractivity contribution in [3.8, 4) is 6.07 Å². The highest BCUT2D eigenvalue weighted by Gasteiger charge is 2.18. The molecule has 3 nitrogen and oxygen atoms in total. The summed E-state index contributed by atoms with van der Waals surface area (Å²) in [5, 5.41) is 8.43. The molecule has 0 aromatic heterocycles. The van der Waals surface area contributed by atoms with E-state index in [4.69, 9.17) is 10.00 Å². The van der Waals surface area contributed by atoms with Gasteiger partial charge in [0, 0.05) is 13.1 Å². The normalized spacial score (nSPS) is 26.4. The van der Waals surface area contributed by atoms with Crippen LogP contribution in [0.5, 0.6) is 0 Å². The van der Waals surface area contributed by atoms with Gasteiger partial charge in [-0.1, -0.05) is 6.92 Å². The van der Waals surface area contributed by atoms with Crippen LogP contribution in [0.3, 0.4) is 0 Å². The predicted octanol–water partition coefficient (Wildman–Crippen LogP) is 0.621. The van der Waals surface area contributed by atoms with E-state index in [1.807, 2.05) is 0 Å². The van der Waals surface area contributed by atoms with Crippen molar-refractivity contribution in [3.05, 3.63) is 0 Å². The summed E-state index contributed by atoms with van der Waals surface area (Å²) in [5.74, 6) is 0. The molecule has 1 unspecified atom stereocenters. The van der Waals surface area contributed by atoms with Crippen LogP contribution in [0.1, 0.15) is 13.3 Å². The lowest BCUT2D eigenvalue weighted by Crippen LogP contribution is -2.41. The van der Waals surface area contributed by atoms with E-state index in [2.05, 4.69) is 17.9 Å². The highest BCUT2D eigenvalue weighted by molar-refractivity contribution is 4.80. The minimum Gasteiger partial charge on any atom is -0.374 e. The quantitative estimate of drug-likeness (QED) is 0.585. The van der Waals surface area contributed by atoms with Gasteiger partial charge in [0.25, 0.3) is 0 Å². The molecule has 62 valence electrons. The maximum atomic E-state index is 8.43. The summed E-state index contributed by atoms with van der Waals surface area (Å²) < 4.78 is 5.39. The Morgan fingerprint density at radius 3 is 3.18 bits per heavy atom. The molecule has 1 heterocycles. The van der Waals surface area contributed by atoms with Crippen LogP contribution in [0.4, 0.5) is 0 Å². The second kappa shape index (κ2) is 4.32. The number of nitrogens with zero attached hydrogens (tertiary/aromatic N) is 2. The van der Waals surface area contributed by atoms with E-state index >= 15 is 0 Å². The van der Waals surface area contributed by atoms with Crippen molar-refractivity contribution in [2.75, 3.05) is 26.2 Å². The van der Waals surface area contributed by atoms with Gasteiger partial charge < -0.3 is 4.74 Å². The second-order valence-corrected chi connectivity index (χ2v) is 2.75. The predicted molar refractivity (Wildman–Crippen MR) is 42.1 cm³/mol. The van der Waals surface area contributed by atoms with Crippen molar-refractivity contribution >= 4 is 0 Å². The van der Waals surface area contributed by atoms with Gasteiger partial charge in [-0.2, -0.15) is 5.26 Å². The molecule has 1 saturated heterocycles. The monoisotopic (exact) mass is 154 g/mol. The zero-order valence-corrected chi connectivity index (χ0v) is 6.92. The topological polar surface area (TPSA) is 36.3 Å². The van der Waals surface area contributed by atoms with E-state index in [9.17, 15) is 0 Å². The molecule has 11 heavy (non-hydrogen) atoms. The first-order chi connectivity index (χ1) is 5.36. The van der Waals surface area contributed by atoms with Crippen LogP contribution in [0.2, 0.25) is 0 Å². The maximum Gasteiger partial charge on any atom is 0.0832 e. The van der Waals surface area contributed by atoms with Crippen LogP contribution in [0.25, 0.3) is 0 Å². The van der Waals surface area contributed by atoms with Crippen molar-refractivity contribution in [1.29, 1.82) is 5.26 Å². The second-order valence-electron chi connectivity index (χ2n) is 2.75. The number of likely N-dealkylation sites (N-methyl/N-ethyl adjacent to an activating group) is 1. The summed E-state index contributed by atoms with van der Waals surface area (Å²) >= 11 is 0. The van der Waals surface area contributed by atoms with Crippen molar-refractivity contribution < 1.29 is 4.74 Å². The van der Waals surface area contributed by atoms with E-state index < -0.39 is 0 Å². The molecular formula is C8H14N2O. The summed E-state index contributed by atoms with van der Waals surface area (Å²) in [4.78, 5) is 2.31. The van der Waals surface area contributed by atoms with Gasteiger partial charge in [0.2, 0.25) is 0 Å². The first-order valence-corrected chi connectivity index (χ1v) is 4.07. The Kier molecular flexibility index (Phi) is 3.34. The van der Waals surface area contributed by atoms with Gasteiger partial charge in [0.15, 0.2) is 0 Å². The molecule has 3 heteroatoms. The molecule has 0 radical (unpaired) electrons. The van der Waals surface area contributed by atoms with Crippen LogP contribution in [-0.4, -0.2) is 37.2 Å². The minimum absolute atomic E-state index is 0.147. The first-order valence-electron chi connectivity index (χ1n) is 4.07. The first kappa shape index (κ1) is 8.51. The lowest BCUT2D eigenvalue weighted by Gasteiger charge is -2.30. The summed E-state index contributed by atoms with van der Waals surface area (Å²) in [5.41, 5.74) is 0. The summed E-state index contributed by atoms with van der Waals surface area (Å²) in [7, 11) is 0. The Balaban J connectivity index is 2.28. The molecule has 0 spiro atoms. The molecule has 0 amide bonds. The van der Waals surface area contributed by atoms with E-state index in [-0.39, 0.29) is 6.10 Å². The molecule has 0 aliphatic carbocycles. The highest BCUT2D eigenvalue weighted by Crippen LogP contribution is 2.06. The number of hydrogen-bond donors (Lipinski definition) is 0. The molecule has 0 aromatic rings. The molecule has 0 saturated carbocycles. The average molecular weight is 154 g/mol. The molecule has 0 N–H and O–H groups in total. The van der Waals surface area contributed by atoms with Crippen molar-refractivity contribution in [1.82, 2.24) is 4.90 Å². The van der Waals surface area contributed by atoms with E-state index in [1.165, 1.54) is 0 Å². The lowest BCUT2D eigenvalue weighted by atomic mass is 10.2. The van der Waals surface area contributed by atoms with Crippen LogP contribution in [0.15, 0.2) is 0 Å². The molecule has 1 rings (SSSR count). The number of ether oxygens (including phenoxy) is 1. The maximum absolute atomic E-state index is 8.43. The fourth-order valence-corrected chi connectivity index (χ4v) is 1.29.